The molecule has 0 N–H and O–H groups in total. The lowest BCUT2D eigenvalue weighted by molar-refractivity contribution is -0.130. The molecule has 0 saturated carbocycles. The SMILES string of the molecule is COc1ccc(C2=NN(C(C)=O)[C@@H](c3cn(-c4ccccc4)nc3-c3ccccc3)C2)c(OC)c1. The van der Waals surface area contributed by atoms with Crippen molar-refractivity contribution in [3.63, 3.8) is 0 Å². The second-order valence-electron chi connectivity index (χ2n) is 8.28. The summed E-state index contributed by atoms with van der Waals surface area (Å²) in [7, 11) is 3.23. The largest absolute Gasteiger partial charge is 0.497 e. The molecule has 4 aromatic rings. The molecule has 0 saturated heterocycles. The van der Waals surface area contributed by atoms with Crippen molar-refractivity contribution < 1.29 is 14.3 Å². The fourth-order valence-corrected chi connectivity index (χ4v) is 4.41. The molecule has 7 nitrogen and oxygen atoms in total. The Morgan fingerprint density at radius 2 is 1.66 bits per heavy atom. The molecule has 0 fully saturated rings. The molecule has 35 heavy (non-hydrogen) atoms. The highest BCUT2D eigenvalue weighted by Crippen LogP contribution is 2.40. The van der Waals surface area contributed by atoms with E-state index in [1.54, 1.807) is 19.2 Å². The summed E-state index contributed by atoms with van der Waals surface area (Å²) in [6.45, 7) is 1.54. The third kappa shape index (κ3) is 4.28. The van der Waals surface area contributed by atoms with Gasteiger partial charge in [0, 0.05) is 42.3 Å². The first kappa shape index (κ1) is 22.4. The van der Waals surface area contributed by atoms with Crippen LogP contribution in [0.1, 0.15) is 30.5 Å². The molecule has 1 aliphatic heterocycles. The molecule has 0 spiro atoms. The van der Waals surface area contributed by atoms with Crippen LogP contribution in [-0.2, 0) is 4.79 Å². The van der Waals surface area contributed by atoms with Gasteiger partial charge in [0.05, 0.1) is 37.4 Å². The third-order valence-corrected chi connectivity index (χ3v) is 6.12. The van der Waals surface area contributed by atoms with E-state index in [1.807, 2.05) is 89.7 Å². The van der Waals surface area contributed by atoms with Gasteiger partial charge >= 0.3 is 0 Å². The first-order valence-corrected chi connectivity index (χ1v) is 11.4. The molecule has 7 heteroatoms. The van der Waals surface area contributed by atoms with Crippen molar-refractivity contribution in [2.75, 3.05) is 14.2 Å². The smallest absolute Gasteiger partial charge is 0.240 e. The third-order valence-electron chi connectivity index (χ3n) is 6.12. The Labute approximate surface area is 204 Å². The van der Waals surface area contributed by atoms with E-state index in [0.29, 0.717) is 17.9 Å². The maximum atomic E-state index is 12.7. The number of rotatable bonds is 6. The highest BCUT2D eigenvalue weighted by molar-refractivity contribution is 6.05. The predicted octanol–water partition coefficient (Wildman–Crippen LogP) is 5.25. The number of carbonyl (C=O) groups is 1. The maximum Gasteiger partial charge on any atom is 0.240 e. The number of carbonyl (C=O) groups excluding carboxylic acids is 1. The number of benzene rings is 3. The molecule has 0 bridgehead atoms. The zero-order chi connectivity index (χ0) is 24.4. The topological polar surface area (TPSA) is 69.0 Å². The highest BCUT2D eigenvalue weighted by Gasteiger charge is 2.35. The lowest BCUT2D eigenvalue weighted by Crippen LogP contribution is -2.24. The number of hydrogen-bond acceptors (Lipinski definition) is 5. The Kier molecular flexibility index (Phi) is 6.06. The molecular formula is C28H26N4O3. The van der Waals surface area contributed by atoms with Crippen LogP contribution in [-0.4, -0.2) is 40.6 Å². The van der Waals surface area contributed by atoms with E-state index in [4.69, 9.17) is 19.7 Å². The minimum atomic E-state index is -0.304. The molecule has 0 unspecified atom stereocenters. The van der Waals surface area contributed by atoms with Crippen LogP contribution < -0.4 is 9.47 Å². The summed E-state index contributed by atoms with van der Waals surface area (Å²) in [6, 6.07) is 25.3. The van der Waals surface area contributed by atoms with E-state index in [0.717, 1.165) is 33.8 Å². The van der Waals surface area contributed by atoms with Crippen LogP contribution in [0.15, 0.2) is 90.2 Å². The summed E-state index contributed by atoms with van der Waals surface area (Å²) in [5.41, 5.74) is 5.29. The predicted molar refractivity (Wildman–Crippen MR) is 135 cm³/mol. The highest BCUT2D eigenvalue weighted by atomic mass is 16.5. The summed E-state index contributed by atoms with van der Waals surface area (Å²) >= 11 is 0. The second kappa shape index (κ2) is 9.46. The minimum absolute atomic E-state index is 0.135. The number of hydrogen-bond donors (Lipinski definition) is 0. The average molecular weight is 467 g/mol. The van der Waals surface area contributed by atoms with Gasteiger partial charge in [0.25, 0.3) is 0 Å². The van der Waals surface area contributed by atoms with Crippen LogP contribution in [0.4, 0.5) is 0 Å². The molecule has 1 aliphatic rings. The number of aromatic nitrogens is 2. The number of ether oxygens (including phenoxy) is 2. The molecule has 2 heterocycles. The van der Waals surface area contributed by atoms with Crippen molar-refractivity contribution in [3.8, 4) is 28.4 Å². The quantitative estimate of drug-likeness (QED) is 0.389. The van der Waals surface area contributed by atoms with Crippen molar-refractivity contribution in [2.24, 2.45) is 5.10 Å². The molecule has 1 aromatic heterocycles. The summed E-state index contributed by atoms with van der Waals surface area (Å²) < 4.78 is 12.8. The Morgan fingerprint density at radius 1 is 0.943 bits per heavy atom. The van der Waals surface area contributed by atoms with Crippen LogP contribution in [0.3, 0.4) is 0 Å². The van der Waals surface area contributed by atoms with E-state index in [2.05, 4.69) is 0 Å². The average Bonchev–Trinajstić information content (AvgIpc) is 3.54. The Morgan fingerprint density at radius 3 is 2.31 bits per heavy atom. The number of hydrazone groups is 1. The van der Waals surface area contributed by atoms with Crippen molar-refractivity contribution in [1.82, 2.24) is 14.8 Å². The van der Waals surface area contributed by atoms with E-state index in [-0.39, 0.29) is 11.9 Å². The molecular weight excluding hydrogens is 440 g/mol. The van der Waals surface area contributed by atoms with Crippen molar-refractivity contribution >= 4 is 11.6 Å². The van der Waals surface area contributed by atoms with E-state index in [1.165, 1.54) is 6.92 Å². The fourth-order valence-electron chi connectivity index (χ4n) is 4.41. The molecule has 0 radical (unpaired) electrons. The lowest BCUT2D eigenvalue weighted by atomic mass is 9.96. The summed E-state index contributed by atoms with van der Waals surface area (Å²) in [5.74, 6) is 1.21. The molecule has 3 aromatic carbocycles. The fraction of sp³-hybridized carbons (Fsp3) is 0.179. The summed E-state index contributed by atoms with van der Waals surface area (Å²) in [6.07, 6.45) is 2.53. The van der Waals surface area contributed by atoms with Crippen LogP contribution in [0.5, 0.6) is 11.5 Å². The molecule has 5 rings (SSSR count). The zero-order valence-corrected chi connectivity index (χ0v) is 19.9. The van der Waals surface area contributed by atoms with Crippen LogP contribution in [0, 0.1) is 0 Å². The van der Waals surface area contributed by atoms with Crippen LogP contribution in [0.2, 0.25) is 0 Å². The zero-order valence-electron chi connectivity index (χ0n) is 19.9. The van der Waals surface area contributed by atoms with E-state index >= 15 is 0 Å². The molecule has 1 amide bonds. The van der Waals surface area contributed by atoms with Gasteiger partial charge in [-0.15, -0.1) is 0 Å². The second-order valence-corrected chi connectivity index (χ2v) is 8.28. The van der Waals surface area contributed by atoms with Gasteiger partial charge in [-0.25, -0.2) is 9.69 Å². The number of nitrogens with zero attached hydrogens (tertiary/aromatic N) is 4. The van der Waals surface area contributed by atoms with Gasteiger partial charge in [-0.1, -0.05) is 48.5 Å². The normalized spacial score (nSPS) is 15.1. The van der Waals surface area contributed by atoms with E-state index < -0.39 is 0 Å². The van der Waals surface area contributed by atoms with Crippen LogP contribution >= 0.6 is 0 Å². The van der Waals surface area contributed by atoms with Gasteiger partial charge in [0.1, 0.15) is 11.5 Å². The van der Waals surface area contributed by atoms with Crippen molar-refractivity contribution in [3.05, 3.63) is 96.2 Å². The number of methoxy groups -OCH3 is 2. The van der Waals surface area contributed by atoms with Gasteiger partial charge in [0.2, 0.25) is 5.91 Å². The van der Waals surface area contributed by atoms with Crippen molar-refractivity contribution in [2.45, 2.75) is 19.4 Å². The number of amides is 1. The Hall–Kier alpha value is -4.39. The minimum Gasteiger partial charge on any atom is -0.497 e. The first-order valence-electron chi connectivity index (χ1n) is 11.4. The summed E-state index contributed by atoms with van der Waals surface area (Å²) in [4.78, 5) is 12.7. The molecule has 176 valence electrons. The summed E-state index contributed by atoms with van der Waals surface area (Å²) in [5, 5.41) is 11.2. The Bertz CT molecular complexity index is 1380. The van der Waals surface area contributed by atoms with Gasteiger partial charge in [-0.05, 0) is 24.3 Å². The van der Waals surface area contributed by atoms with Gasteiger partial charge < -0.3 is 9.47 Å². The lowest BCUT2D eigenvalue weighted by Gasteiger charge is -2.20. The standard InChI is InChI=1S/C28H26N4O3/c1-19(33)32-26(17-25(29-32)23-15-14-22(34-2)16-27(23)35-3)24-18-31(21-12-8-5-9-13-21)30-28(24)20-10-6-4-7-11-20/h4-16,18,26H,17H2,1-3H3/t26-/m1/s1. The van der Waals surface area contributed by atoms with Gasteiger partial charge in [-0.2, -0.15) is 10.2 Å². The van der Waals surface area contributed by atoms with Crippen molar-refractivity contribution in [1.29, 1.82) is 0 Å². The first-order chi connectivity index (χ1) is 17.1. The Balaban J connectivity index is 1.60. The molecule has 1 atom stereocenters. The number of para-hydroxylation sites is 1. The van der Waals surface area contributed by atoms with Gasteiger partial charge in [0.15, 0.2) is 0 Å². The van der Waals surface area contributed by atoms with Crippen LogP contribution in [0.25, 0.3) is 16.9 Å². The molecule has 0 aliphatic carbocycles. The monoisotopic (exact) mass is 466 g/mol. The maximum absolute atomic E-state index is 12.7. The van der Waals surface area contributed by atoms with E-state index in [9.17, 15) is 4.79 Å². The van der Waals surface area contributed by atoms with Gasteiger partial charge in [-0.3, -0.25) is 4.79 Å².